The van der Waals surface area contributed by atoms with Crippen LogP contribution in [0.25, 0.3) is 0 Å². The van der Waals surface area contributed by atoms with E-state index in [1.165, 1.54) is 0 Å². The van der Waals surface area contributed by atoms with Crippen LogP contribution in [0.5, 0.6) is 5.75 Å². The second kappa shape index (κ2) is 6.24. The van der Waals surface area contributed by atoms with E-state index in [-0.39, 0.29) is 5.91 Å². The number of phenols is 1. The Morgan fingerprint density at radius 3 is 2.39 bits per heavy atom. The van der Waals surface area contributed by atoms with Gasteiger partial charge in [0, 0.05) is 31.1 Å². The van der Waals surface area contributed by atoms with Crippen molar-refractivity contribution in [1.29, 1.82) is 0 Å². The van der Waals surface area contributed by atoms with E-state index in [2.05, 4.69) is 4.90 Å². The molecule has 1 aliphatic heterocycles. The average Bonchev–Trinajstić information content (AvgIpc) is 3.10. The Kier molecular flexibility index (Phi) is 4.31. The highest BCUT2D eigenvalue weighted by Gasteiger charge is 2.36. The van der Waals surface area contributed by atoms with Gasteiger partial charge in [0.1, 0.15) is 5.75 Å². The minimum Gasteiger partial charge on any atom is -0.506 e. The van der Waals surface area contributed by atoms with Crippen LogP contribution < -0.4 is 4.90 Å². The minimum atomic E-state index is -0.481. The third-order valence-corrected chi connectivity index (χ3v) is 5.65. The Balaban J connectivity index is 1.67. The quantitative estimate of drug-likeness (QED) is 0.940. The molecule has 0 spiro atoms. The highest BCUT2D eigenvalue weighted by molar-refractivity contribution is 7.10. The number of rotatable bonds is 3. The van der Waals surface area contributed by atoms with E-state index < -0.39 is 5.41 Å². The molecule has 1 fully saturated rings. The summed E-state index contributed by atoms with van der Waals surface area (Å²) in [7, 11) is 0. The van der Waals surface area contributed by atoms with Crippen molar-refractivity contribution in [3.05, 3.63) is 46.7 Å². The number of aromatic hydroxyl groups is 1. The van der Waals surface area contributed by atoms with Crippen molar-refractivity contribution >= 4 is 22.9 Å². The summed E-state index contributed by atoms with van der Waals surface area (Å²) in [5.41, 5.74) is 0.364. The summed E-state index contributed by atoms with van der Waals surface area (Å²) in [6.45, 7) is 6.84. The smallest absolute Gasteiger partial charge is 0.233 e. The maximum atomic E-state index is 12.9. The fourth-order valence-corrected chi connectivity index (χ4v) is 3.86. The molecule has 0 radical (unpaired) electrons. The molecule has 2 heterocycles. The summed E-state index contributed by atoms with van der Waals surface area (Å²) in [6.07, 6.45) is 0. The first-order valence-electron chi connectivity index (χ1n) is 7.86. The number of carbonyl (C=O) groups is 1. The summed E-state index contributed by atoms with van der Waals surface area (Å²) in [4.78, 5) is 18.1. The number of piperazine rings is 1. The highest BCUT2D eigenvalue weighted by atomic mass is 32.1. The van der Waals surface area contributed by atoms with Crippen molar-refractivity contribution < 1.29 is 9.90 Å². The molecule has 2 aromatic rings. The van der Waals surface area contributed by atoms with Crippen molar-refractivity contribution in [1.82, 2.24) is 4.90 Å². The molecule has 1 amide bonds. The predicted octanol–water partition coefficient (Wildman–Crippen LogP) is 3.08. The Bertz CT molecular complexity index is 674. The second-order valence-electron chi connectivity index (χ2n) is 6.37. The summed E-state index contributed by atoms with van der Waals surface area (Å²) in [6, 6.07) is 11.4. The molecule has 0 atom stereocenters. The van der Waals surface area contributed by atoms with Crippen LogP contribution in [0.15, 0.2) is 41.8 Å². The molecule has 5 heteroatoms. The molecule has 1 aromatic carbocycles. The number of hydrogen-bond acceptors (Lipinski definition) is 4. The first kappa shape index (κ1) is 15.9. The Morgan fingerprint density at radius 2 is 1.78 bits per heavy atom. The molecule has 1 N–H and O–H groups in total. The average molecular weight is 330 g/mol. The molecule has 0 saturated carbocycles. The Morgan fingerprint density at radius 1 is 1.09 bits per heavy atom. The summed E-state index contributed by atoms with van der Waals surface area (Å²) < 4.78 is 0. The van der Waals surface area contributed by atoms with E-state index in [4.69, 9.17) is 0 Å². The number of hydrogen-bond donors (Lipinski definition) is 1. The van der Waals surface area contributed by atoms with Crippen molar-refractivity contribution in [2.24, 2.45) is 0 Å². The normalized spacial score (nSPS) is 15.7. The fourth-order valence-electron chi connectivity index (χ4n) is 3.02. The molecule has 122 valence electrons. The summed E-state index contributed by atoms with van der Waals surface area (Å²) in [5.74, 6) is 0.475. The van der Waals surface area contributed by atoms with Crippen molar-refractivity contribution in [3.63, 3.8) is 0 Å². The van der Waals surface area contributed by atoms with Gasteiger partial charge in [0.2, 0.25) is 5.91 Å². The standard InChI is InChI=1S/C18H22N2O2S/c1-18(2,16-8-5-13-23-16)17(22)20-11-9-19(10-12-20)14-6-3-4-7-15(14)21/h3-8,13,21H,9-12H2,1-2H3. The number of nitrogens with zero attached hydrogens (tertiary/aromatic N) is 2. The molecule has 0 unspecified atom stereocenters. The van der Waals surface area contributed by atoms with Gasteiger partial charge in [-0.1, -0.05) is 18.2 Å². The summed E-state index contributed by atoms with van der Waals surface area (Å²) in [5, 5.41) is 12.0. The number of benzene rings is 1. The lowest BCUT2D eigenvalue weighted by Crippen LogP contribution is -2.53. The molecule has 23 heavy (non-hydrogen) atoms. The van der Waals surface area contributed by atoms with E-state index in [0.717, 1.165) is 23.7 Å². The maximum Gasteiger partial charge on any atom is 0.233 e. The lowest BCUT2D eigenvalue weighted by molar-refractivity contribution is -0.136. The maximum absolute atomic E-state index is 12.9. The van der Waals surface area contributed by atoms with Gasteiger partial charge in [-0.05, 0) is 37.4 Å². The Hall–Kier alpha value is -2.01. The van der Waals surface area contributed by atoms with Gasteiger partial charge in [0.15, 0.2) is 0 Å². The highest BCUT2D eigenvalue weighted by Crippen LogP contribution is 2.31. The van der Waals surface area contributed by atoms with Gasteiger partial charge in [0.05, 0.1) is 11.1 Å². The van der Waals surface area contributed by atoms with Crippen LogP contribution in [0.1, 0.15) is 18.7 Å². The number of para-hydroxylation sites is 2. The SMILES string of the molecule is CC(C)(C(=O)N1CCN(c2ccccc2O)CC1)c1cccs1. The minimum absolute atomic E-state index is 0.178. The van der Waals surface area contributed by atoms with Crippen LogP contribution in [-0.4, -0.2) is 42.1 Å². The molecule has 4 nitrogen and oxygen atoms in total. The number of phenolic OH excluding ortho intramolecular Hbond substituents is 1. The van der Waals surface area contributed by atoms with Gasteiger partial charge in [-0.25, -0.2) is 0 Å². The van der Waals surface area contributed by atoms with E-state index in [0.29, 0.717) is 18.8 Å². The first-order valence-corrected chi connectivity index (χ1v) is 8.74. The van der Waals surface area contributed by atoms with Crippen LogP contribution in [0.3, 0.4) is 0 Å². The van der Waals surface area contributed by atoms with Crippen LogP contribution in [-0.2, 0) is 10.2 Å². The first-order chi connectivity index (χ1) is 11.0. The van der Waals surface area contributed by atoms with E-state index in [9.17, 15) is 9.90 Å². The molecular formula is C18H22N2O2S. The van der Waals surface area contributed by atoms with Gasteiger partial charge in [-0.3, -0.25) is 4.79 Å². The second-order valence-corrected chi connectivity index (χ2v) is 7.32. The zero-order valence-electron chi connectivity index (χ0n) is 13.5. The molecule has 1 aromatic heterocycles. The number of carbonyl (C=O) groups excluding carboxylic acids is 1. The third kappa shape index (κ3) is 3.06. The van der Waals surface area contributed by atoms with Gasteiger partial charge in [-0.15, -0.1) is 11.3 Å². The van der Waals surface area contributed by atoms with Crippen LogP contribution >= 0.6 is 11.3 Å². The van der Waals surface area contributed by atoms with E-state index in [1.807, 2.05) is 54.5 Å². The van der Waals surface area contributed by atoms with Crippen molar-refractivity contribution in [2.75, 3.05) is 31.1 Å². The molecule has 1 saturated heterocycles. The molecule has 3 rings (SSSR count). The monoisotopic (exact) mass is 330 g/mol. The van der Waals surface area contributed by atoms with E-state index in [1.54, 1.807) is 17.4 Å². The molecule has 0 aliphatic carbocycles. The van der Waals surface area contributed by atoms with Gasteiger partial charge in [-0.2, -0.15) is 0 Å². The Labute approximate surface area is 141 Å². The van der Waals surface area contributed by atoms with Crippen LogP contribution in [0, 0.1) is 0 Å². The van der Waals surface area contributed by atoms with Crippen molar-refractivity contribution in [3.8, 4) is 5.75 Å². The van der Waals surface area contributed by atoms with Gasteiger partial charge >= 0.3 is 0 Å². The predicted molar refractivity (Wildman–Crippen MR) is 94.2 cm³/mol. The van der Waals surface area contributed by atoms with Crippen LogP contribution in [0.2, 0.25) is 0 Å². The molecule has 0 bridgehead atoms. The topological polar surface area (TPSA) is 43.8 Å². The molecular weight excluding hydrogens is 308 g/mol. The third-order valence-electron chi connectivity index (χ3n) is 4.46. The lowest BCUT2D eigenvalue weighted by atomic mass is 9.89. The summed E-state index contributed by atoms with van der Waals surface area (Å²) >= 11 is 1.63. The molecule has 1 aliphatic rings. The van der Waals surface area contributed by atoms with Crippen LogP contribution in [0.4, 0.5) is 5.69 Å². The largest absolute Gasteiger partial charge is 0.506 e. The van der Waals surface area contributed by atoms with Gasteiger partial charge < -0.3 is 14.9 Å². The lowest BCUT2D eigenvalue weighted by Gasteiger charge is -2.39. The number of anilines is 1. The zero-order valence-corrected chi connectivity index (χ0v) is 14.3. The zero-order chi connectivity index (χ0) is 16.4. The number of thiophene rings is 1. The fraction of sp³-hybridized carbons (Fsp3) is 0.389. The van der Waals surface area contributed by atoms with E-state index >= 15 is 0 Å². The van der Waals surface area contributed by atoms with Crippen molar-refractivity contribution in [2.45, 2.75) is 19.3 Å². The number of amides is 1. The van der Waals surface area contributed by atoms with Gasteiger partial charge in [0.25, 0.3) is 0 Å².